The summed E-state index contributed by atoms with van der Waals surface area (Å²) in [5.74, 6) is 1.55. The molecule has 0 fully saturated rings. The molecular weight excluding hydrogens is 364 g/mol. The normalized spacial score (nSPS) is 12.0. The Bertz CT molecular complexity index is 1250. The van der Waals surface area contributed by atoms with Gasteiger partial charge in [-0.25, -0.2) is 4.98 Å². The lowest BCUT2D eigenvalue weighted by molar-refractivity contribution is 0.174. The average molecular weight is 380 g/mol. The highest BCUT2D eigenvalue weighted by atomic mass is 16.7. The largest absolute Gasteiger partial charge is 0.454 e. The molecule has 0 atom stereocenters. The summed E-state index contributed by atoms with van der Waals surface area (Å²) in [6.07, 6.45) is 3.52. The number of hydrogen-bond acceptors (Lipinski definition) is 6. The van der Waals surface area contributed by atoms with E-state index in [1.54, 1.807) is 18.5 Å². The molecule has 0 amide bonds. The second kappa shape index (κ2) is 7.13. The fourth-order valence-electron chi connectivity index (χ4n) is 3.44. The summed E-state index contributed by atoms with van der Waals surface area (Å²) in [5, 5.41) is 13.5. The number of benzene rings is 2. The number of ether oxygens (including phenoxy) is 2. The Hall–Kier alpha value is -4.11. The van der Waals surface area contributed by atoms with Crippen LogP contribution in [0.25, 0.3) is 22.0 Å². The molecule has 0 spiro atoms. The van der Waals surface area contributed by atoms with Gasteiger partial charge in [-0.2, -0.15) is 5.26 Å². The molecule has 6 nitrogen and oxygen atoms in total. The van der Waals surface area contributed by atoms with E-state index in [1.165, 1.54) is 0 Å². The predicted octanol–water partition coefficient (Wildman–Crippen LogP) is 4.51. The molecule has 1 aliphatic rings. The highest BCUT2D eigenvalue weighted by Crippen LogP contribution is 2.34. The van der Waals surface area contributed by atoms with Crippen LogP contribution in [-0.2, 0) is 6.54 Å². The summed E-state index contributed by atoms with van der Waals surface area (Å²) in [4.78, 5) is 8.78. The van der Waals surface area contributed by atoms with E-state index in [0.29, 0.717) is 12.2 Å². The van der Waals surface area contributed by atoms with Crippen molar-refractivity contribution >= 4 is 16.6 Å². The van der Waals surface area contributed by atoms with Crippen LogP contribution in [0.15, 0.2) is 67.0 Å². The maximum atomic E-state index is 8.97. The molecule has 0 unspecified atom stereocenters. The number of aromatic nitrogens is 2. The molecule has 0 bridgehead atoms. The summed E-state index contributed by atoms with van der Waals surface area (Å²) in [6, 6.07) is 19.7. The van der Waals surface area contributed by atoms with Crippen LogP contribution in [0.2, 0.25) is 0 Å². The van der Waals surface area contributed by atoms with E-state index >= 15 is 0 Å². The van der Waals surface area contributed by atoms with Crippen LogP contribution in [0.1, 0.15) is 11.3 Å². The molecule has 6 heteroatoms. The van der Waals surface area contributed by atoms with Gasteiger partial charge < -0.3 is 14.8 Å². The van der Waals surface area contributed by atoms with Crippen LogP contribution >= 0.6 is 0 Å². The molecule has 29 heavy (non-hydrogen) atoms. The van der Waals surface area contributed by atoms with Crippen LogP contribution in [0.5, 0.6) is 11.5 Å². The minimum Gasteiger partial charge on any atom is -0.454 e. The molecule has 0 saturated carbocycles. The summed E-state index contributed by atoms with van der Waals surface area (Å²) < 4.78 is 10.8. The van der Waals surface area contributed by atoms with Crippen LogP contribution in [-0.4, -0.2) is 16.8 Å². The van der Waals surface area contributed by atoms with Gasteiger partial charge in [-0.15, -0.1) is 0 Å². The lowest BCUT2D eigenvalue weighted by Crippen LogP contribution is -2.01. The second-order valence-electron chi connectivity index (χ2n) is 6.65. The van der Waals surface area contributed by atoms with E-state index in [9.17, 15) is 0 Å². The lowest BCUT2D eigenvalue weighted by Gasteiger charge is -2.12. The fourth-order valence-corrected chi connectivity index (χ4v) is 3.44. The van der Waals surface area contributed by atoms with Gasteiger partial charge in [-0.1, -0.05) is 18.2 Å². The Labute approximate surface area is 167 Å². The first-order valence-electron chi connectivity index (χ1n) is 9.18. The zero-order chi connectivity index (χ0) is 19.6. The highest BCUT2D eigenvalue weighted by molar-refractivity contribution is 6.00. The molecule has 0 saturated heterocycles. The van der Waals surface area contributed by atoms with E-state index in [2.05, 4.69) is 15.3 Å². The van der Waals surface area contributed by atoms with Gasteiger partial charge in [0, 0.05) is 29.9 Å². The number of para-hydroxylation sites is 1. The smallest absolute Gasteiger partial charge is 0.231 e. The fraction of sp³-hybridized carbons (Fsp3) is 0.0870. The average Bonchev–Trinajstić information content (AvgIpc) is 3.25. The Morgan fingerprint density at radius 2 is 1.93 bits per heavy atom. The number of anilines is 1. The van der Waals surface area contributed by atoms with Gasteiger partial charge in [0.2, 0.25) is 6.79 Å². The molecule has 2 aromatic heterocycles. The minimum absolute atomic E-state index is 0.270. The first-order valence-corrected chi connectivity index (χ1v) is 9.18. The molecule has 0 aliphatic carbocycles. The van der Waals surface area contributed by atoms with Crippen LogP contribution in [0, 0.1) is 11.3 Å². The van der Waals surface area contributed by atoms with Crippen molar-refractivity contribution in [2.45, 2.75) is 6.54 Å². The zero-order valence-corrected chi connectivity index (χ0v) is 15.4. The highest BCUT2D eigenvalue weighted by Gasteiger charge is 2.13. The van der Waals surface area contributed by atoms with E-state index in [4.69, 9.17) is 14.7 Å². The predicted molar refractivity (Wildman–Crippen MR) is 110 cm³/mol. The summed E-state index contributed by atoms with van der Waals surface area (Å²) in [7, 11) is 0. The van der Waals surface area contributed by atoms with Gasteiger partial charge >= 0.3 is 0 Å². The third-order valence-electron chi connectivity index (χ3n) is 4.88. The van der Waals surface area contributed by atoms with E-state index < -0.39 is 0 Å². The molecular formula is C23H16N4O2. The van der Waals surface area contributed by atoms with Crippen LogP contribution in [0.4, 0.5) is 5.69 Å². The molecule has 1 aliphatic heterocycles. The standard InChI is InChI=1S/C23H16N4O2/c24-11-17-6-5-16(13-26-17)18-8-9-25-23-19(18)2-1-3-20(23)27-12-15-4-7-21-22(10-15)29-14-28-21/h1-10,13,27H,12,14H2. The molecule has 1 N–H and O–H groups in total. The summed E-state index contributed by atoms with van der Waals surface area (Å²) in [6.45, 7) is 0.909. The van der Waals surface area contributed by atoms with Crippen LogP contribution in [0.3, 0.4) is 0 Å². The monoisotopic (exact) mass is 380 g/mol. The SMILES string of the molecule is N#Cc1ccc(-c2ccnc3c(NCc4ccc5c(c4)OCO5)cccc23)cn1. The number of nitriles is 1. The van der Waals surface area contributed by atoms with Crippen molar-refractivity contribution in [1.82, 2.24) is 9.97 Å². The second-order valence-corrected chi connectivity index (χ2v) is 6.65. The van der Waals surface area contributed by atoms with Gasteiger partial charge in [0.05, 0.1) is 11.2 Å². The van der Waals surface area contributed by atoms with Crippen molar-refractivity contribution in [1.29, 1.82) is 5.26 Å². The van der Waals surface area contributed by atoms with Gasteiger partial charge in [0.1, 0.15) is 11.8 Å². The molecule has 2 aromatic carbocycles. The van der Waals surface area contributed by atoms with E-state index in [1.807, 2.05) is 54.6 Å². The zero-order valence-electron chi connectivity index (χ0n) is 15.4. The van der Waals surface area contributed by atoms with Crippen molar-refractivity contribution in [3.05, 3.63) is 78.2 Å². The quantitative estimate of drug-likeness (QED) is 0.561. The Morgan fingerprint density at radius 1 is 1.00 bits per heavy atom. The molecule has 3 heterocycles. The van der Waals surface area contributed by atoms with Crippen molar-refractivity contribution in [3.63, 3.8) is 0 Å². The van der Waals surface area contributed by atoms with Gasteiger partial charge in [-0.3, -0.25) is 4.98 Å². The molecule has 140 valence electrons. The van der Waals surface area contributed by atoms with Crippen molar-refractivity contribution in [3.8, 4) is 28.7 Å². The Kier molecular flexibility index (Phi) is 4.19. The van der Waals surface area contributed by atoms with Gasteiger partial charge in [0.25, 0.3) is 0 Å². The van der Waals surface area contributed by atoms with E-state index in [0.717, 1.165) is 44.8 Å². The number of nitrogens with zero attached hydrogens (tertiary/aromatic N) is 3. The summed E-state index contributed by atoms with van der Waals surface area (Å²) >= 11 is 0. The van der Waals surface area contributed by atoms with Crippen molar-refractivity contribution in [2.75, 3.05) is 12.1 Å². The van der Waals surface area contributed by atoms with Gasteiger partial charge in [-0.05, 0) is 47.5 Å². The Morgan fingerprint density at radius 3 is 2.79 bits per heavy atom. The first-order chi connectivity index (χ1) is 14.3. The third kappa shape index (κ3) is 3.19. The Balaban J connectivity index is 1.46. The summed E-state index contributed by atoms with van der Waals surface area (Å²) in [5.41, 5.74) is 5.30. The number of hydrogen-bond donors (Lipinski definition) is 1. The lowest BCUT2D eigenvalue weighted by atomic mass is 10.0. The third-order valence-corrected chi connectivity index (χ3v) is 4.88. The van der Waals surface area contributed by atoms with Crippen molar-refractivity contribution < 1.29 is 9.47 Å². The molecule has 0 radical (unpaired) electrons. The molecule has 5 rings (SSSR count). The van der Waals surface area contributed by atoms with E-state index in [-0.39, 0.29) is 6.79 Å². The number of fused-ring (bicyclic) bond motifs is 2. The number of rotatable bonds is 4. The maximum Gasteiger partial charge on any atom is 0.231 e. The molecule has 4 aromatic rings. The topological polar surface area (TPSA) is 80.1 Å². The van der Waals surface area contributed by atoms with Crippen LogP contribution < -0.4 is 14.8 Å². The number of pyridine rings is 2. The maximum absolute atomic E-state index is 8.97. The first kappa shape index (κ1) is 17.0. The van der Waals surface area contributed by atoms with Gasteiger partial charge in [0.15, 0.2) is 11.5 Å². The van der Waals surface area contributed by atoms with Crippen molar-refractivity contribution in [2.24, 2.45) is 0 Å². The minimum atomic E-state index is 0.270. The number of nitrogens with one attached hydrogen (secondary N) is 1.